The lowest BCUT2D eigenvalue weighted by atomic mass is 10.1. The summed E-state index contributed by atoms with van der Waals surface area (Å²) in [5.41, 5.74) is 2.74. The normalized spacial score (nSPS) is 16.6. The topological polar surface area (TPSA) is 45.2 Å². The maximum atomic E-state index is 12.2. The van der Waals surface area contributed by atoms with Gasteiger partial charge in [-0.2, -0.15) is 0 Å². The van der Waals surface area contributed by atoms with Crippen LogP contribution in [0.3, 0.4) is 0 Å². The van der Waals surface area contributed by atoms with Crippen LogP contribution in [0.2, 0.25) is 0 Å². The van der Waals surface area contributed by atoms with Gasteiger partial charge in [0.2, 0.25) is 5.91 Å². The van der Waals surface area contributed by atoms with Gasteiger partial charge in [-0.25, -0.2) is 4.98 Å². The SMILES string of the molecule is CN(CC(=O)Nc1ccc(Br)cn1)C1CCc2ccccc21. The van der Waals surface area contributed by atoms with Gasteiger partial charge in [-0.05, 0) is 59.1 Å². The molecule has 0 aliphatic heterocycles. The van der Waals surface area contributed by atoms with Crippen molar-refractivity contribution in [2.45, 2.75) is 18.9 Å². The lowest BCUT2D eigenvalue weighted by molar-refractivity contribution is -0.117. The monoisotopic (exact) mass is 359 g/mol. The molecule has 2 aromatic rings. The molecule has 0 radical (unpaired) electrons. The van der Waals surface area contributed by atoms with Crippen LogP contribution in [0.5, 0.6) is 0 Å². The van der Waals surface area contributed by atoms with Crippen LogP contribution < -0.4 is 5.32 Å². The van der Waals surface area contributed by atoms with E-state index in [4.69, 9.17) is 0 Å². The molecule has 1 unspecified atom stereocenters. The Labute approximate surface area is 138 Å². The van der Waals surface area contributed by atoms with Crippen molar-refractivity contribution in [3.05, 3.63) is 58.2 Å². The van der Waals surface area contributed by atoms with Crippen LogP contribution in [0, 0.1) is 0 Å². The number of likely N-dealkylation sites (N-methyl/N-ethyl adjacent to an activating group) is 1. The summed E-state index contributed by atoms with van der Waals surface area (Å²) in [6, 6.07) is 12.4. The van der Waals surface area contributed by atoms with E-state index in [1.165, 1.54) is 11.1 Å². The zero-order valence-corrected chi connectivity index (χ0v) is 14.0. The second kappa shape index (κ2) is 6.58. The van der Waals surface area contributed by atoms with Gasteiger partial charge in [0.15, 0.2) is 0 Å². The second-order valence-electron chi connectivity index (χ2n) is 5.58. The molecule has 5 heteroatoms. The van der Waals surface area contributed by atoms with E-state index in [1.807, 2.05) is 13.1 Å². The Morgan fingerprint density at radius 3 is 2.95 bits per heavy atom. The molecule has 1 aliphatic carbocycles. The van der Waals surface area contributed by atoms with Crippen molar-refractivity contribution < 1.29 is 4.79 Å². The number of aryl methyl sites for hydroxylation is 1. The van der Waals surface area contributed by atoms with Gasteiger partial charge in [0.25, 0.3) is 0 Å². The minimum absolute atomic E-state index is 0.0401. The van der Waals surface area contributed by atoms with E-state index in [0.717, 1.165) is 17.3 Å². The Balaban J connectivity index is 1.61. The average molecular weight is 360 g/mol. The van der Waals surface area contributed by atoms with Crippen LogP contribution in [0.1, 0.15) is 23.6 Å². The molecule has 1 aromatic heterocycles. The van der Waals surface area contributed by atoms with Crippen molar-refractivity contribution in [2.24, 2.45) is 0 Å². The quantitative estimate of drug-likeness (QED) is 0.909. The van der Waals surface area contributed by atoms with E-state index >= 15 is 0 Å². The molecule has 114 valence electrons. The number of anilines is 1. The Bertz CT molecular complexity index is 672. The van der Waals surface area contributed by atoms with E-state index in [-0.39, 0.29) is 5.91 Å². The fourth-order valence-corrected chi connectivity index (χ4v) is 3.20. The zero-order chi connectivity index (χ0) is 15.5. The molecule has 0 saturated heterocycles. The summed E-state index contributed by atoms with van der Waals surface area (Å²) < 4.78 is 0.894. The van der Waals surface area contributed by atoms with E-state index < -0.39 is 0 Å². The molecule has 4 nitrogen and oxygen atoms in total. The number of fused-ring (bicyclic) bond motifs is 1. The summed E-state index contributed by atoms with van der Waals surface area (Å²) in [5.74, 6) is 0.537. The second-order valence-corrected chi connectivity index (χ2v) is 6.49. The maximum absolute atomic E-state index is 12.2. The van der Waals surface area contributed by atoms with Crippen molar-refractivity contribution in [1.82, 2.24) is 9.88 Å². The molecule has 1 N–H and O–H groups in total. The smallest absolute Gasteiger partial charge is 0.239 e. The van der Waals surface area contributed by atoms with Gasteiger partial charge in [0.1, 0.15) is 5.82 Å². The summed E-state index contributed by atoms with van der Waals surface area (Å²) in [6.45, 7) is 0.358. The van der Waals surface area contributed by atoms with Crippen molar-refractivity contribution in [3.8, 4) is 0 Å². The highest BCUT2D eigenvalue weighted by Gasteiger charge is 2.26. The standard InChI is InChI=1S/C17H18BrN3O/c1-21(15-8-6-12-4-2-3-5-14(12)15)11-17(22)20-16-9-7-13(18)10-19-16/h2-5,7,9-10,15H,6,8,11H2,1H3,(H,19,20,22). The van der Waals surface area contributed by atoms with Gasteiger partial charge >= 0.3 is 0 Å². The lowest BCUT2D eigenvalue weighted by Gasteiger charge is -2.24. The lowest BCUT2D eigenvalue weighted by Crippen LogP contribution is -2.32. The van der Waals surface area contributed by atoms with E-state index in [2.05, 4.69) is 55.4 Å². The summed E-state index contributed by atoms with van der Waals surface area (Å²) >= 11 is 3.33. The third-order valence-corrected chi connectivity index (χ3v) is 4.49. The number of nitrogens with zero attached hydrogens (tertiary/aromatic N) is 2. The van der Waals surface area contributed by atoms with Crippen LogP contribution in [-0.4, -0.2) is 29.4 Å². The minimum Gasteiger partial charge on any atom is -0.310 e. The van der Waals surface area contributed by atoms with E-state index in [9.17, 15) is 4.79 Å². The van der Waals surface area contributed by atoms with Crippen molar-refractivity contribution >= 4 is 27.7 Å². The highest BCUT2D eigenvalue weighted by atomic mass is 79.9. The number of amides is 1. The Hall–Kier alpha value is -1.72. The van der Waals surface area contributed by atoms with Crippen LogP contribution >= 0.6 is 15.9 Å². The number of pyridine rings is 1. The number of nitrogens with one attached hydrogen (secondary N) is 1. The van der Waals surface area contributed by atoms with Gasteiger partial charge in [-0.15, -0.1) is 0 Å². The Morgan fingerprint density at radius 2 is 2.18 bits per heavy atom. The van der Waals surface area contributed by atoms with Crippen LogP contribution in [0.25, 0.3) is 0 Å². The van der Waals surface area contributed by atoms with Gasteiger partial charge in [0.05, 0.1) is 6.54 Å². The van der Waals surface area contributed by atoms with Crippen LogP contribution in [-0.2, 0) is 11.2 Å². The summed E-state index contributed by atoms with van der Waals surface area (Å²) in [4.78, 5) is 18.4. The predicted molar refractivity (Wildman–Crippen MR) is 90.7 cm³/mol. The van der Waals surface area contributed by atoms with Crippen molar-refractivity contribution in [1.29, 1.82) is 0 Å². The molecule has 1 aromatic carbocycles. The Morgan fingerprint density at radius 1 is 1.36 bits per heavy atom. The van der Waals surface area contributed by atoms with E-state index in [1.54, 1.807) is 12.3 Å². The molecule has 0 bridgehead atoms. The number of hydrogen-bond donors (Lipinski definition) is 1. The summed E-state index contributed by atoms with van der Waals surface area (Å²) in [7, 11) is 2.00. The molecule has 22 heavy (non-hydrogen) atoms. The molecular weight excluding hydrogens is 342 g/mol. The van der Waals surface area contributed by atoms with Gasteiger partial charge in [-0.1, -0.05) is 24.3 Å². The average Bonchev–Trinajstić information content (AvgIpc) is 2.93. The van der Waals surface area contributed by atoms with Crippen LogP contribution in [0.15, 0.2) is 47.1 Å². The highest BCUT2D eigenvalue weighted by molar-refractivity contribution is 9.10. The first kappa shape index (κ1) is 15.2. The largest absolute Gasteiger partial charge is 0.310 e. The van der Waals surface area contributed by atoms with E-state index in [0.29, 0.717) is 18.4 Å². The molecule has 1 amide bonds. The predicted octanol–water partition coefficient (Wildman–Crippen LogP) is 3.40. The van der Waals surface area contributed by atoms with Gasteiger partial charge in [-0.3, -0.25) is 9.69 Å². The molecule has 1 atom stereocenters. The molecule has 0 saturated carbocycles. The first-order chi connectivity index (χ1) is 10.6. The highest BCUT2D eigenvalue weighted by Crippen LogP contribution is 2.34. The minimum atomic E-state index is -0.0401. The van der Waals surface area contributed by atoms with Crippen LogP contribution in [0.4, 0.5) is 5.82 Å². The number of benzene rings is 1. The number of aromatic nitrogens is 1. The molecule has 3 rings (SSSR count). The first-order valence-corrected chi connectivity index (χ1v) is 8.12. The van der Waals surface area contributed by atoms with Crippen molar-refractivity contribution in [3.63, 3.8) is 0 Å². The molecule has 0 fully saturated rings. The third-order valence-electron chi connectivity index (χ3n) is 4.02. The zero-order valence-electron chi connectivity index (χ0n) is 12.4. The number of carbonyl (C=O) groups excluding carboxylic acids is 1. The number of halogens is 1. The first-order valence-electron chi connectivity index (χ1n) is 7.33. The number of hydrogen-bond acceptors (Lipinski definition) is 3. The fourth-order valence-electron chi connectivity index (χ4n) is 2.96. The van der Waals surface area contributed by atoms with Gasteiger partial charge < -0.3 is 5.32 Å². The van der Waals surface area contributed by atoms with Crippen molar-refractivity contribution in [2.75, 3.05) is 18.9 Å². The Kier molecular flexibility index (Phi) is 4.55. The number of carbonyl (C=O) groups is 1. The van der Waals surface area contributed by atoms with Gasteiger partial charge in [0, 0.05) is 16.7 Å². The molecule has 0 spiro atoms. The fraction of sp³-hybridized carbons (Fsp3) is 0.294. The summed E-state index contributed by atoms with van der Waals surface area (Å²) in [6.07, 6.45) is 3.83. The maximum Gasteiger partial charge on any atom is 0.239 e. The summed E-state index contributed by atoms with van der Waals surface area (Å²) in [5, 5.41) is 2.83. The molecular formula is C17H18BrN3O. The number of rotatable bonds is 4. The third kappa shape index (κ3) is 3.36. The molecule has 1 heterocycles. The molecule has 1 aliphatic rings.